The average Bonchev–Trinajstić information content (AvgIpc) is 1.95. The van der Waals surface area contributed by atoms with Crippen LogP contribution in [0.2, 0.25) is 0 Å². The molecular formula is C7H4ClF2N. The van der Waals surface area contributed by atoms with Gasteiger partial charge in [-0.2, -0.15) is 5.26 Å². The molecule has 0 aliphatic heterocycles. The summed E-state index contributed by atoms with van der Waals surface area (Å²) in [7, 11) is 0. The number of halogens is 3. The van der Waals surface area contributed by atoms with Crippen LogP contribution < -0.4 is 0 Å². The van der Waals surface area contributed by atoms with Crippen LogP contribution in [0.1, 0.15) is 5.56 Å². The Labute approximate surface area is 68.7 Å². The Kier molecular flexibility index (Phi) is 3.49. The van der Waals surface area contributed by atoms with Gasteiger partial charge in [-0.25, -0.2) is 8.78 Å². The van der Waals surface area contributed by atoms with E-state index in [-0.39, 0.29) is 18.0 Å². The summed E-state index contributed by atoms with van der Waals surface area (Å²) < 4.78 is 24.4. The highest BCUT2D eigenvalue weighted by molar-refractivity contribution is 5.85. The van der Waals surface area contributed by atoms with E-state index in [1.807, 2.05) is 0 Å². The van der Waals surface area contributed by atoms with E-state index in [4.69, 9.17) is 5.26 Å². The Morgan fingerprint density at radius 2 is 1.82 bits per heavy atom. The Hall–Kier alpha value is -1.14. The van der Waals surface area contributed by atoms with E-state index >= 15 is 0 Å². The summed E-state index contributed by atoms with van der Waals surface area (Å²) in [6, 6.07) is 4.69. The lowest BCUT2D eigenvalue weighted by atomic mass is 10.2. The summed E-state index contributed by atoms with van der Waals surface area (Å²) in [4.78, 5) is 0. The van der Waals surface area contributed by atoms with Gasteiger partial charge in [-0.3, -0.25) is 0 Å². The maximum absolute atomic E-state index is 12.2. The summed E-state index contributed by atoms with van der Waals surface area (Å²) in [5.41, 5.74) is 0.124. The molecule has 0 amide bonds. The van der Waals surface area contributed by atoms with Crippen molar-refractivity contribution in [3.8, 4) is 6.07 Å². The minimum absolute atomic E-state index is 0. The molecule has 0 aliphatic rings. The Morgan fingerprint density at radius 3 is 2.27 bits per heavy atom. The smallest absolute Gasteiger partial charge is 0.160 e. The lowest BCUT2D eigenvalue weighted by Crippen LogP contribution is -1.83. The first-order valence-electron chi connectivity index (χ1n) is 2.59. The van der Waals surface area contributed by atoms with E-state index in [2.05, 4.69) is 0 Å². The highest BCUT2D eigenvalue weighted by atomic mass is 35.5. The van der Waals surface area contributed by atoms with Gasteiger partial charge >= 0.3 is 0 Å². The zero-order valence-electron chi connectivity index (χ0n) is 5.34. The number of hydrogen-bond donors (Lipinski definition) is 0. The molecule has 0 fully saturated rings. The summed E-state index contributed by atoms with van der Waals surface area (Å²) in [6.45, 7) is 0. The highest BCUT2D eigenvalue weighted by Crippen LogP contribution is 2.06. The van der Waals surface area contributed by atoms with E-state index in [9.17, 15) is 8.78 Å². The Balaban J connectivity index is 0.000001000. The van der Waals surface area contributed by atoms with Crippen LogP contribution in [-0.2, 0) is 0 Å². The molecule has 4 heteroatoms. The van der Waals surface area contributed by atoms with Crippen LogP contribution in [0.15, 0.2) is 18.2 Å². The number of benzene rings is 1. The third-order valence-electron chi connectivity index (χ3n) is 1.05. The second kappa shape index (κ2) is 3.89. The molecule has 58 valence electrons. The van der Waals surface area contributed by atoms with Gasteiger partial charge in [0.05, 0.1) is 11.6 Å². The van der Waals surface area contributed by atoms with Gasteiger partial charge in [0, 0.05) is 0 Å². The molecule has 0 heterocycles. The molecule has 0 aliphatic carbocycles. The molecule has 0 saturated carbocycles. The average molecular weight is 176 g/mol. The van der Waals surface area contributed by atoms with Gasteiger partial charge in [0.1, 0.15) is 0 Å². The first kappa shape index (κ1) is 9.86. The van der Waals surface area contributed by atoms with E-state index in [0.29, 0.717) is 0 Å². The fraction of sp³-hybridized carbons (Fsp3) is 0. The minimum atomic E-state index is -0.987. The van der Waals surface area contributed by atoms with Gasteiger partial charge < -0.3 is 0 Å². The molecular weight excluding hydrogens is 172 g/mol. The SMILES string of the molecule is Cl.N#Cc1ccc(F)c(F)c1. The first-order valence-corrected chi connectivity index (χ1v) is 2.59. The van der Waals surface area contributed by atoms with Crippen LogP contribution in [0, 0.1) is 23.0 Å². The maximum atomic E-state index is 12.2. The normalized spacial score (nSPS) is 8.09. The topological polar surface area (TPSA) is 23.8 Å². The molecule has 11 heavy (non-hydrogen) atoms. The standard InChI is InChI=1S/C7H3F2N.ClH/c8-6-2-1-5(4-10)3-7(6)9;/h1-3H;1H. The van der Waals surface area contributed by atoms with Crippen molar-refractivity contribution in [3.05, 3.63) is 35.4 Å². The van der Waals surface area contributed by atoms with Gasteiger partial charge in [-0.05, 0) is 18.2 Å². The molecule has 0 saturated heterocycles. The number of hydrogen-bond acceptors (Lipinski definition) is 1. The van der Waals surface area contributed by atoms with Gasteiger partial charge in [0.25, 0.3) is 0 Å². The minimum Gasteiger partial charge on any atom is -0.204 e. The largest absolute Gasteiger partial charge is 0.204 e. The van der Waals surface area contributed by atoms with Gasteiger partial charge in [-0.1, -0.05) is 0 Å². The molecule has 1 aromatic carbocycles. The van der Waals surface area contributed by atoms with Crippen LogP contribution in [-0.4, -0.2) is 0 Å². The zero-order chi connectivity index (χ0) is 7.56. The quantitative estimate of drug-likeness (QED) is 0.593. The summed E-state index contributed by atoms with van der Waals surface area (Å²) in [6.07, 6.45) is 0. The molecule has 1 nitrogen and oxygen atoms in total. The predicted molar refractivity (Wildman–Crippen MR) is 38.3 cm³/mol. The second-order valence-corrected chi connectivity index (χ2v) is 1.74. The summed E-state index contributed by atoms with van der Waals surface area (Å²) in [5, 5.41) is 8.21. The lowest BCUT2D eigenvalue weighted by Gasteiger charge is -1.89. The van der Waals surface area contributed by atoms with E-state index in [1.54, 1.807) is 6.07 Å². The molecule has 0 radical (unpaired) electrons. The summed E-state index contributed by atoms with van der Waals surface area (Å²) >= 11 is 0. The summed E-state index contributed by atoms with van der Waals surface area (Å²) in [5.74, 6) is -1.92. The number of rotatable bonds is 0. The van der Waals surface area contributed by atoms with Crippen molar-refractivity contribution in [2.24, 2.45) is 0 Å². The van der Waals surface area contributed by atoms with E-state index in [0.717, 1.165) is 12.1 Å². The zero-order valence-corrected chi connectivity index (χ0v) is 6.16. The fourth-order valence-corrected chi connectivity index (χ4v) is 0.566. The number of nitrogens with zero attached hydrogens (tertiary/aromatic N) is 1. The van der Waals surface area contributed by atoms with Gasteiger partial charge in [0.15, 0.2) is 11.6 Å². The third kappa shape index (κ3) is 2.17. The van der Waals surface area contributed by atoms with Crippen molar-refractivity contribution in [1.29, 1.82) is 5.26 Å². The van der Waals surface area contributed by atoms with Gasteiger partial charge in [0.2, 0.25) is 0 Å². The highest BCUT2D eigenvalue weighted by Gasteiger charge is 1.99. The monoisotopic (exact) mass is 175 g/mol. The fourth-order valence-electron chi connectivity index (χ4n) is 0.566. The third-order valence-corrected chi connectivity index (χ3v) is 1.05. The molecule has 1 rings (SSSR count). The van der Waals surface area contributed by atoms with Crippen LogP contribution in [0.5, 0.6) is 0 Å². The molecule has 0 bridgehead atoms. The van der Waals surface area contributed by atoms with Crippen molar-refractivity contribution < 1.29 is 8.78 Å². The predicted octanol–water partition coefficient (Wildman–Crippen LogP) is 2.26. The van der Waals surface area contributed by atoms with Crippen LogP contribution >= 0.6 is 12.4 Å². The van der Waals surface area contributed by atoms with Crippen molar-refractivity contribution >= 4 is 12.4 Å². The van der Waals surface area contributed by atoms with Crippen molar-refractivity contribution in [1.82, 2.24) is 0 Å². The van der Waals surface area contributed by atoms with Crippen molar-refractivity contribution in [2.45, 2.75) is 0 Å². The molecule has 0 atom stereocenters. The molecule has 1 aromatic rings. The van der Waals surface area contributed by atoms with Crippen LogP contribution in [0.3, 0.4) is 0 Å². The Morgan fingerprint density at radius 1 is 1.18 bits per heavy atom. The van der Waals surface area contributed by atoms with Crippen LogP contribution in [0.25, 0.3) is 0 Å². The molecule has 0 N–H and O–H groups in total. The van der Waals surface area contributed by atoms with Crippen molar-refractivity contribution in [3.63, 3.8) is 0 Å². The lowest BCUT2D eigenvalue weighted by molar-refractivity contribution is 0.508. The molecule has 0 spiro atoms. The van der Waals surface area contributed by atoms with Crippen molar-refractivity contribution in [2.75, 3.05) is 0 Å². The molecule has 0 aromatic heterocycles. The first-order chi connectivity index (χ1) is 4.74. The second-order valence-electron chi connectivity index (χ2n) is 1.74. The Bertz CT molecular complexity index is 293. The van der Waals surface area contributed by atoms with Gasteiger partial charge in [-0.15, -0.1) is 12.4 Å². The van der Waals surface area contributed by atoms with Crippen LogP contribution in [0.4, 0.5) is 8.78 Å². The molecule has 0 unspecified atom stereocenters. The van der Waals surface area contributed by atoms with E-state index in [1.165, 1.54) is 6.07 Å². The number of nitriles is 1. The van der Waals surface area contributed by atoms with E-state index < -0.39 is 11.6 Å². The maximum Gasteiger partial charge on any atom is 0.160 e.